The van der Waals surface area contributed by atoms with Crippen molar-refractivity contribution >= 4 is 40.0 Å². The average Bonchev–Trinajstić information content (AvgIpc) is 2.72. The molecule has 0 N–H and O–H groups in total. The Morgan fingerprint density at radius 1 is 0.862 bits per heavy atom. The molecule has 0 bridgehead atoms. The number of carbonyl (C=O) groups excluding carboxylic acids is 1. The molecule has 1 aromatic heterocycles. The van der Waals surface area contributed by atoms with Gasteiger partial charge in [-0.2, -0.15) is 0 Å². The van der Waals surface area contributed by atoms with Crippen LogP contribution in [0.1, 0.15) is 10.4 Å². The Hall–Kier alpha value is -3.08. The van der Waals surface area contributed by atoms with E-state index in [-0.39, 0.29) is 12.4 Å². The van der Waals surface area contributed by atoms with Gasteiger partial charge in [-0.25, -0.2) is 4.79 Å². The quantitative estimate of drug-likeness (QED) is 0.290. The minimum absolute atomic E-state index is 0.139. The predicted molar refractivity (Wildman–Crippen MR) is 114 cm³/mol. The summed E-state index contributed by atoms with van der Waals surface area (Å²) in [6.45, 7) is -0.139. The Morgan fingerprint density at radius 2 is 1.52 bits per heavy atom. The van der Waals surface area contributed by atoms with E-state index in [4.69, 9.17) is 32.4 Å². The molecular formula is C23H14Cl2O4. The van der Waals surface area contributed by atoms with E-state index in [0.29, 0.717) is 32.5 Å². The van der Waals surface area contributed by atoms with Gasteiger partial charge in [0.1, 0.15) is 11.3 Å². The number of fused-ring (bicyclic) bond motifs is 1. The average molecular weight is 425 g/mol. The number of Topliss-reactive ketones (excluding diaryl/α,β-unsaturated/α-hetero) is 1. The maximum absolute atomic E-state index is 12.4. The maximum atomic E-state index is 12.4. The second kappa shape index (κ2) is 8.11. The lowest BCUT2D eigenvalue weighted by Crippen LogP contribution is -2.11. The van der Waals surface area contributed by atoms with Crippen molar-refractivity contribution in [1.29, 1.82) is 0 Å². The molecule has 3 aromatic carbocycles. The first-order valence-corrected chi connectivity index (χ1v) is 9.50. The third kappa shape index (κ3) is 4.34. The Kier molecular flexibility index (Phi) is 5.38. The normalized spacial score (nSPS) is 10.8. The van der Waals surface area contributed by atoms with Crippen LogP contribution in [-0.2, 0) is 0 Å². The molecule has 0 aliphatic rings. The van der Waals surface area contributed by atoms with Crippen LogP contribution in [0.3, 0.4) is 0 Å². The zero-order valence-corrected chi connectivity index (χ0v) is 16.5. The van der Waals surface area contributed by atoms with Crippen molar-refractivity contribution in [2.24, 2.45) is 0 Å². The van der Waals surface area contributed by atoms with Gasteiger partial charge in [-0.3, -0.25) is 4.79 Å². The van der Waals surface area contributed by atoms with Gasteiger partial charge in [-0.05, 0) is 60.2 Å². The number of ketones is 1. The van der Waals surface area contributed by atoms with Crippen LogP contribution in [0, 0.1) is 0 Å². The van der Waals surface area contributed by atoms with Crippen molar-refractivity contribution in [2.75, 3.05) is 6.61 Å². The molecule has 0 spiro atoms. The van der Waals surface area contributed by atoms with E-state index in [1.807, 2.05) is 0 Å². The van der Waals surface area contributed by atoms with Crippen LogP contribution in [0.2, 0.25) is 10.0 Å². The fourth-order valence-electron chi connectivity index (χ4n) is 2.88. The summed E-state index contributed by atoms with van der Waals surface area (Å²) >= 11 is 11.7. The van der Waals surface area contributed by atoms with Crippen molar-refractivity contribution in [2.45, 2.75) is 0 Å². The highest BCUT2D eigenvalue weighted by molar-refractivity contribution is 6.31. The fraction of sp³-hybridized carbons (Fsp3) is 0.0435. The second-order valence-corrected chi connectivity index (χ2v) is 7.25. The van der Waals surface area contributed by atoms with Crippen molar-refractivity contribution < 1.29 is 13.9 Å². The van der Waals surface area contributed by atoms with Crippen LogP contribution in [0.4, 0.5) is 0 Å². The molecule has 144 valence electrons. The summed E-state index contributed by atoms with van der Waals surface area (Å²) in [6.07, 6.45) is 0. The standard InChI is InChI=1S/C23H14Cl2O4/c24-17-6-1-14(2-7-17)20-11-16-5-10-19(12-22(16)29-23(20)27)28-13-21(26)15-3-8-18(25)9-4-15/h1-12H,13H2. The van der Waals surface area contributed by atoms with Gasteiger partial charge in [-0.15, -0.1) is 0 Å². The fourth-order valence-corrected chi connectivity index (χ4v) is 3.13. The van der Waals surface area contributed by atoms with Crippen LogP contribution in [0.5, 0.6) is 5.75 Å². The highest BCUT2D eigenvalue weighted by Gasteiger charge is 2.11. The molecule has 0 atom stereocenters. The van der Waals surface area contributed by atoms with Crippen LogP contribution in [0.25, 0.3) is 22.1 Å². The smallest absolute Gasteiger partial charge is 0.344 e. The molecule has 6 heteroatoms. The Morgan fingerprint density at radius 3 is 2.21 bits per heavy atom. The molecule has 4 rings (SSSR count). The van der Waals surface area contributed by atoms with Crippen molar-refractivity contribution in [3.8, 4) is 16.9 Å². The monoisotopic (exact) mass is 424 g/mol. The molecular weight excluding hydrogens is 411 g/mol. The Bertz CT molecular complexity index is 1240. The number of carbonyl (C=O) groups is 1. The Balaban J connectivity index is 1.55. The molecule has 0 fully saturated rings. The van der Waals surface area contributed by atoms with Gasteiger partial charge in [0.2, 0.25) is 0 Å². The Labute approximate surface area is 176 Å². The van der Waals surface area contributed by atoms with E-state index >= 15 is 0 Å². The number of halogens is 2. The molecule has 0 amide bonds. The summed E-state index contributed by atoms with van der Waals surface area (Å²) in [5.74, 6) is 0.253. The van der Waals surface area contributed by atoms with E-state index in [1.54, 1.807) is 72.8 Å². The minimum Gasteiger partial charge on any atom is -0.485 e. The highest BCUT2D eigenvalue weighted by Crippen LogP contribution is 2.25. The van der Waals surface area contributed by atoms with Crippen LogP contribution >= 0.6 is 23.2 Å². The molecule has 0 saturated heterocycles. The van der Waals surface area contributed by atoms with Gasteiger partial charge in [-0.1, -0.05) is 35.3 Å². The number of hydrogen-bond acceptors (Lipinski definition) is 4. The van der Waals surface area contributed by atoms with Gasteiger partial charge in [0.25, 0.3) is 0 Å². The molecule has 1 heterocycles. The molecule has 0 unspecified atom stereocenters. The van der Waals surface area contributed by atoms with E-state index in [2.05, 4.69) is 0 Å². The summed E-state index contributed by atoms with van der Waals surface area (Å²) in [6, 6.07) is 20.4. The van der Waals surface area contributed by atoms with Crippen molar-refractivity contribution in [1.82, 2.24) is 0 Å². The highest BCUT2D eigenvalue weighted by atomic mass is 35.5. The predicted octanol–water partition coefficient (Wildman–Crippen LogP) is 6.03. The number of hydrogen-bond donors (Lipinski definition) is 0. The second-order valence-electron chi connectivity index (χ2n) is 6.37. The van der Waals surface area contributed by atoms with Gasteiger partial charge < -0.3 is 9.15 Å². The molecule has 0 radical (unpaired) electrons. The van der Waals surface area contributed by atoms with Gasteiger partial charge in [0.15, 0.2) is 12.4 Å². The van der Waals surface area contributed by atoms with E-state index in [1.165, 1.54) is 0 Å². The summed E-state index contributed by atoms with van der Waals surface area (Å²) in [5.41, 5.74) is 1.59. The summed E-state index contributed by atoms with van der Waals surface area (Å²) in [7, 11) is 0. The van der Waals surface area contributed by atoms with Gasteiger partial charge in [0.05, 0.1) is 5.56 Å². The number of rotatable bonds is 5. The molecule has 29 heavy (non-hydrogen) atoms. The number of benzene rings is 3. The van der Waals surface area contributed by atoms with E-state index in [9.17, 15) is 9.59 Å². The van der Waals surface area contributed by atoms with Crippen LogP contribution in [0.15, 0.2) is 82.0 Å². The minimum atomic E-state index is -0.464. The summed E-state index contributed by atoms with van der Waals surface area (Å²) < 4.78 is 11.0. The van der Waals surface area contributed by atoms with Gasteiger partial charge in [0, 0.05) is 27.1 Å². The van der Waals surface area contributed by atoms with Crippen molar-refractivity contribution in [3.63, 3.8) is 0 Å². The molecule has 0 aliphatic carbocycles. The van der Waals surface area contributed by atoms with E-state index < -0.39 is 5.63 Å². The zero-order valence-electron chi connectivity index (χ0n) is 15.0. The molecule has 4 aromatic rings. The first-order valence-electron chi connectivity index (χ1n) is 8.75. The lowest BCUT2D eigenvalue weighted by Gasteiger charge is -2.07. The first kappa shape index (κ1) is 19.2. The third-order valence-electron chi connectivity index (χ3n) is 4.40. The molecule has 0 saturated carbocycles. The largest absolute Gasteiger partial charge is 0.485 e. The number of ether oxygens (including phenoxy) is 1. The third-order valence-corrected chi connectivity index (χ3v) is 4.90. The lowest BCUT2D eigenvalue weighted by molar-refractivity contribution is 0.0921. The molecule has 4 nitrogen and oxygen atoms in total. The van der Waals surface area contributed by atoms with Crippen LogP contribution < -0.4 is 10.4 Å². The summed E-state index contributed by atoms with van der Waals surface area (Å²) in [5, 5.41) is 1.89. The SMILES string of the molecule is O=C(COc1ccc2cc(-c3ccc(Cl)cc3)c(=O)oc2c1)c1ccc(Cl)cc1. The van der Waals surface area contributed by atoms with Crippen LogP contribution in [-0.4, -0.2) is 12.4 Å². The maximum Gasteiger partial charge on any atom is 0.344 e. The topological polar surface area (TPSA) is 56.5 Å². The van der Waals surface area contributed by atoms with E-state index in [0.717, 1.165) is 10.9 Å². The van der Waals surface area contributed by atoms with Gasteiger partial charge >= 0.3 is 5.63 Å². The first-order chi connectivity index (χ1) is 14.0. The lowest BCUT2D eigenvalue weighted by atomic mass is 10.1. The summed E-state index contributed by atoms with van der Waals surface area (Å²) in [4.78, 5) is 24.6. The van der Waals surface area contributed by atoms with Crippen molar-refractivity contribution in [3.05, 3.63) is 98.8 Å². The zero-order chi connectivity index (χ0) is 20.4. The molecule has 0 aliphatic heterocycles.